The summed E-state index contributed by atoms with van der Waals surface area (Å²) in [5, 5.41) is 2.72. The van der Waals surface area contributed by atoms with E-state index in [0.29, 0.717) is 23.7 Å². The SMILES string of the molecule is CCOc1cc(-c2nc(C(=O)NCc3c(F)cccc3Cl)c(C(C)OC(N)=O)o2)ccc1OC. The number of rotatable bonds is 9. The Hall–Kier alpha value is -3.79. The number of methoxy groups -OCH3 is 1. The van der Waals surface area contributed by atoms with Crippen LogP contribution in [0.15, 0.2) is 40.8 Å². The van der Waals surface area contributed by atoms with E-state index in [4.69, 9.17) is 36.0 Å². The van der Waals surface area contributed by atoms with Crippen LogP contribution in [0.2, 0.25) is 5.02 Å². The van der Waals surface area contributed by atoms with E-state index in [2.05, 4.69) is 10.3 Å². The van der Waals surface area contributed by atoms with E-state index in [1.165, 1.54) is 32.2 Å². The highest BCUT2D eigenvalue weighted by Gasteiger charge is 2.27. The third-order valence-corrected chi connectivity index (χ3v) is 5.08. The maximum absolute atomic E-state index is 14.1. The molecule has 180 valence electrons. The third kappa shape index (κ3) is 5.57. The summed E-state index contributed by atoms with van der Waals surface area (Å²) in [7, 11) is 1.51. The fraction of sp³-hybridized carbons (Fsp3) is 0.261. The molecule has 3 N–H and O–H groups in total. The minimum atomic E-state index is -1.06. The Kier molecular flexibility index (Phi) is 7.95. The summed E-state index contributed by atoms with van der Waals surface area (Å²) in [6.07, 6.45) is -2.08. The maximum Gasteiger partial charge on any atom is 0.405 e. The Labute approximate surface area is 200 Å². The molecule has 0 saturated carbocycles. The van der Waals surface area contributed by atoms with Crippen molar-refractivity contribution >= 4 is 23.6 Å². The molecule has 0 radical (unpaired) electrons. The average molecular weight is 492 g/mol. The van der Waals surface area contributed by atoms with Gasteiger partial charge in [-0.3, -0.25) is 4.79 Å². The van der Waals surface area contributed by atoms with Gasteiger partial charge in [-0.15, -0.1) is 0 Å². The molecule has 1 heterocycles. The molecule has 9 nitrogen and oxygen atoms in total. The quantitative estimate of drug-likeness (QED) is 0.447. The van der Waals surface area contributed by atoms with Gasteiger partial charge in [-0.2, -0.15) is 0 Å². The van der Waals surface area contributed by atoms with Gasteiger partial charge in [0.1, 0.15) is 5.82 Å². The molecule has 0 spiro atoms. The number of ether oxygens (including phenoxy) is 3. The summed E-state index contributed by atoms with van der Waals surface area (Å²) in [6.45, 7) is 3.49. The molecule has 0 bridgehead atoms. The van der Waals surface area contributed by atoms with Gasteiger partial charge >= 0.3 is 6.09 Å². The molecule has 11 heteroatoms. The number of nitrogens with zero attached hydrogens (tertiary/aromatic N) is 1. The van der Waals surface area contributed by atoms with Gasteiger partial charge in [-0.1, -0.05) is 17.7 Å². The van der Waals surface area contributed by atoms with Gasteiger partial charge in [-0.25, -0.2) is 14.2 Å². The molecule has 0 aliphatic heterocycles. The molecular formula is C23H23ClFN3O6. The Balaban J connectivity index is 1.96. The van der Waals surface area contributed by atoms with Crippen molar-refractivity contribution in [2.45, 2.75) is 26.5 Å². The first kappa shape index (κ1) is 24.8. The molecule has 3 aromatic rings. The van der Waals surface area contributed by atoms with E-state index < -0.39 is 23.9 Å². The lowest BCUT2D eigenvalue weighted by atomic mass is 10.2. The maximum atomic E-state index is 14.1. The second-order valence-electron chi connectivity index (χ2n) is 6.99. The van der Waals surface area contributed by atoms with Crippen LogP contribution in [0.3, 0.4) is 0 Å². The summed E-state index contributed by atoms with van der Waals surface area (Å²) >= 11 is 6.03. The first-order valence-electron chi connectivity index (χ1n) is 10.2. The molecule has 0 fully saturated rings. The summed E-state index contributed by atoms with van der Waals surface area (Å²) in [5.41, 5.74) is 5.55. The zero-order valence-electron chi connectivity index (χ0n) is 18.7. The predicted octanol–water partition coefficient (Wildman–Crippen LogP) is 4.63. The van der Waals surface area contributed by atoms with E-state index >= 15 is 0 Å². The van der Waals surface area contributed by atoms with E-state index in [9.17, 15) is 14.0 Å². The molecule has 3 rings (SSSR count). The van der Waals surface area contributed by atoms with E-state index in [0.717, 1.165) is 0 Å². The molecule has 0 aliphatic carbocycles. The average Bonchev–Trinajstić information content (AvgIpc) is 3.24. The second-order valence-corrected chi connectivity index (χ2v) is 7.40. The van der Waals surface area contributed by atoms with Crippen LogP contribution in [-0.2, 0) is 11.3 Å². The summed E-state index contributed by atoms with van der Waals surface area (Å²) in [6, 6.07) is 9.16. The molecule has 2 amide bonds. The number of hydrogen-bond acceptors (Lipinski definition) is 7. The molecule has 34 heavy (non-hydrogen) atoms. The number of amides is 2. The fourth-order valence-electron chi connectivity index (χ4n) is 3.15. The van der Waals surface area contributed by atoms with Crippen LogP contribution in [0.4, 0.5) is 9.18 Å². The summed E-state index contributed by atoms with van der Waals surface area (Å²) in [4.78, 5) is 28.5. The standard InChI is InChI=1S/C23H23ClFN3O6/c1-4-32-18-10-13(8-9-17(18)31-3)22-28-19(20(34-22)12(2)33-23(26)30)21(29)27-11-14-15(24)6-5-7-16(14)25/h5-10,12H,4,11H2,1-3H3,(H2,26,30)(H,27,29). The van der Waals surface area contributed by atoms with E-state index in [1.54, 1.807) is 18.2 Å². The van der Waals surface area contributed by atoms with Crippen molar-refractivity contribution in [2.24, 2.45) is 5.73 Å². The number of carbonyl (C=O) groups is 2. The van der Waals surface area contributed by atoms with Gasteiger partial charge in [0.25, 0.3) is 5.91 Å². The number of aromatic nitrogens is 1. The predicted molar refractivity (Wildman–Crippen MR) is 121 cm³/mol. The zero-order chi connectivity index (χ0) is 24.8. The normalized spacial score (nSPS) is 11.6. The highest BCUT2D eigenvalue weighted by atomic mass is 35.5. The van der Waals surface area contributed by atoms with E-state index in [1.807, 2.05) is 6.92 Å². The molecule has 1 unspecified atom stereocenters. The molecule has 1 atom stereocenters. The zero-order valence-corrected chi connectivity index (χ0v) is 19.4. The number of carbonyl (C=O) groups excluding carboxylic acids is 2. The second kappa shape index (κ2) is 10.9. The van der Waals surface area contributed by atoms with Crippen LogP contribution in [0, 0.1) is 5.82 Å². The Morgan fingerprint density at radius 1 is 1.26 bits per heavy atom. The highest BCUT2D eigenvalue weighted by molar-refractivity contribution is 6.31. The van der Waals surface area contributed by atoms with Gasteiger partial charge in [0.15, 0.2) is 29.1 Å². The number of nitrogens with two attached hydrogens (primary N) is 1. The molecule has 1 aromatic heterocycles. The van der Waals surface area contributed by atoms with Crippen molar-refractivity contribution in [3.63, 3.8) is 0 Å². The van der Waals surface area contributed by atoms with Crippen molar-refractivity contribution in [1.29, 1.82) is 0 Å². The number of hydrogen-bond donors (Lipinski definition) is 2. The molecule has 2 aromatic carbocycles. The first-order chi connectivity index (χ1) is 16.2. The number of primary amides is 1. The van der Waals surface area contributed by atoms with Gasteiger partial charge in [0.05, 0.1) is 13.7 Å². The van der Waals surface area contributed by atoms with Crippen molar-refractivity contribution in [1.82, 2.24) is 10.3 Å². The Bertz CT molecular complexity index is 1180. The van der Waals surface area contributed by atoms with Gasteiger partial charge in [-0.05, 0) is 44.2 Å². The van der Waals surface area contributed by atoms with E-state index in [-0.39, 0.29) is 34.5 Å². The third-order valence-electron chi connectivity index (χ3n) is 4.73. The number of nitrogens with one attached hydrogen (secondary N) is 1. The smallest absolute Gasteiger partial charge is 0.405 e. The van der Waals surface area contributed by atoms with Gasteiger partial charge in [0, 0.05) is 22.7 Å². The fourth-order valence-corrected chi connectivity index (χ4v) is 3.38. The van der Waals surface area contributed by atoms with Crippen molar-refractivity contribution < 1.29 is 32.6 Å². The van der Waals surface area contributed by atoms with Crippen LogP contribution in [0.25, 0.3) is 11.5 Å². The van der Waals surface area contributed by atoms with Crippen molar-refractivity contribution in [3.05, 3.63) is 64.3 Å². The largest absolute Gasteiger partial charge is 0.493 e. The molecule has 0 aliphatic rings. The molecule has 0 saturated heterocycles. The summed E-state index contributed by atoms with van der Waals surface area (Å²) in [5.74, 6) is -0.289. The minimum Gasteiger partial charge on any atom is -0.493 e. The minimum absolute atomic E-state index is 0.0419. The van der Waals surface area contributed by atoms with Gasteiger partial charge < -0.3 is 29.7 Å². The monoisotopic (exact) mass is 491 g/mol. The van der Waals surface area contributed by atoms with Crippen molar-refractivity contribution in [3.8, 4) is 23.0 Å². The first-order valence-corrected chi connectivity index (χ1v) is 10.6. The lowest BCUT2D eigenvalue weighted by Gasteiger charge is -2.11. The molecular weight excluding hydrogens is 469 g/mol. The van der Waals surface area contributed by atoms with Crippen LogP contribution in [-0.4, -0.2) is 30.7 Å². The Morgan fingerprint density at radius 2 is 2.03 bits per heavy atom. The number of halogens is 2. The van der Waals surface area contributed by atoms with Crippen LogP contribution in [0.1, 0.15) is 41.8 Å². The van der Waals surface area contributed by atoms with Crippen LogP contribution < -0.4 is 20.5 Å². The number of oxazole rings is 1. The lowest BCUT2D eigenvalue weighted by Crippen LogP contribution is -2.26. The number of benzene rings is 2. The topological polar surface area (TPSA) is 126 Å². The Morgan fingerprint density at radius 3 is 2.68 bits per heavy atom. The van der Waals surface area contributed by atoms with Crippen LogP contribution >= 0.6 is 11.6 Å². The van der Waals surface area contributed by atoms with Crippen molar-refractivity contribution in [2.75, 3.05) is 13.7 Å². The van der Waals surface area contributed by atoms with Crippen LogP contribution in [0.5, 0.6) is 11.5 Å². The lowest BCUT2D eigenvalue weighted by molar-refractivity contribution is 0.0904. The van der Waals surface area contributed by atoms with Gasteiger partial charge in [0.2, 0.25) is 5.89 Å². The summed E-state index contributed by atoms with van der Waals surface area (Å²) < 4.78 is 35.7. The highest BCUT2D eigenvalue weighted by Crippen LogP contribution is 2.34.